The number of carbonyl (C=O) groups is 1. The first kappa shape index (κ1) is 13.5. The van der Waals surface area contributed by atoms with Crippen LogP contribution >= 0.6 is 0 Å². The first-order valence-corrected chi connectivity index (χ1v) is 7.12. The molecule has 0 radical (unpaired) electrons. The summed E-state index contributed by atoms with van der Waals surface area (Å²) < 4.78 is 0. The molecule has 0 saturated carbocycles. The lowest BCUT2D eigenvalue weighted by atomic mass is 10.0. The predicted molar refractivity (Wildman–Crippen MR) is 87.0 cm³/mol. The molecule has 2 aromatic carbocycles. The maximum absolute atomic E-state index is 11.4. The first-order valence-electron chi connectivity index (χ1n) is 7.12. The van der Waals surface area contributed by atoms with E-state index in [1.165, 1.54) is 5.56 Å². The van der Waals surface area contributed by atoms with Crippen molar-refractivity contribution in [2.24, 2.45) is 0 Å². The summed E-state index contributed by atoms with van der Waals surface area (Å²) in [6.45, 7) is 4.34. The van der Waals surface area contributed by atoms with E-state index >= 15 is 0 Å². The fourth-order valence-electron chi connectivity index (χ4n) is 2.51. The number of fused-ring (bicyclic) bond motifs is 1. The van der Waals surface area contributed by atoms with Crippen LogP contribution in [-0.4, -0.2) is 5.91 Å². The molecule has 2 aromatic rings. The van der Waals surface area contributed by atoms with Gasteiger partial charge in [0.2, 0.25) is 5.91 Å². The Hall–Kier alpha value is -2.49. The van der Waals surface area contributed by atoms with E-state index in [0.29, 0.717) is 18.0 Å². The molecule has 0 atom stereocenters. The summed E-state index contributed by atoms with van der Waals surface area (Å²) in [5.74, 6) is 0.530. The van der Waals surface area contributed by atoms with E-state index in [-0.39, 0.29) is 5.91 Å². The second kappa shape index (κ2) is 5.13. The highest BCUT2D eigenvalue weighted by Crippen LogP contribution is 2.33. The van der Waals surface area contributed by atoms with Gasteiger partial charge in [0, 0.05) is 11.4 Å². The standard InChI is InChI=1S/C17H19N3O/c1-10(2)11-3-5-13(6-4-11)19-16-9-15-12(7-14(16)18)8-17(21)20-15/h3-7,9-10,19H,8,18H2,1-2H3,(H,20,21). The van der Waals surface area contributed by atoms with Crippen LogP contribution in [0.2, 0.25) is 0 Å². The number of hydrogen-bond acceptors (Lipinski definition) is 3. The minimum atomic E-state index is 0.0165. The van der Waals surface area contributed by atoms with Gasteiger partial charge in [-0.3, -0.25) is 4.79 Å². The predicted octanol–water partition coefficient (Wildman–Crippen LogP) is 3.63. The van der Waals surface area contributed by atoms with Crippen LogP contribution in [0.15, 0.2) is 36.4 Å². The minimum Gasteiger partial charge on any atom is -0.397 e. The number of carbonyl (C=O) groups excluding carboxylic acids is 1. The molecule has 1 amide bonds. The Kier molecular flexibility index (Phi) is 3.29. The molecule has 4 N–H and O–H groups in total. The Labute approximate surface area is 124 Å². The molecule has 1 aliphatic rings. The molecule has 0 aliphatic carbocycles. The van der Waals surface area contributed by atoms with Crippen LogP contribution in [0.3, 0.4) is 0 Å². The normalized spacial score (nSPS) is 13.2. The monoisotopic (exact) mass is 281 g/mol. The molecular weight excluding hydrogens is 262 g/mol. The van der Waals surface area contributed by atoms with Gasteiger partial charge in [0.25, 0.3) is 0 Å². The van der Waals surface area contributed by atoms with Crippen molar-refractivity contribution in [2.45, 2.75) is 26.2 Å². The highest BCUT2D eigenvalue weighted by atomic mass is 16.1. The zero-order valence-electron chi connectivity index (χ0n) is 12.2. The highest BCUT2D eigenvalue weighted by Gasteiger charge is 2.19. The number of anilines is 4. The Bertz CT molecular complexity index is 690. The molecule has 0 saturated heterocycles. The van der Waals surface area contributed by atoms with Gasteiger partial charge in [-0.1, -0.05) is 26.0 Å². The van der Waals surface area contributed by atoms with Crippen LogP contribution in [0.25, 0.3) is 0 Å². The average molecular weight is 281 g/mol. The number of nitrogens with two attached hydrogens (primary N) is 1. The van der Waals surface area contributed by atoms with Crippen LogP contribution in [0.1, 0.15) is 30.9 Å². The van der Waals surface area contributed by atoms with E-state index in [2.05, 4.69) is 36.6 Å². The number of nitrogen functional groups attached to an aromatic ring is 1. The summed E-state index contributed by atoms with van der Waals surface area (Å²) >= 11 is 0. The van der Waals surface area contributed by atoms with Gasteiger partial charge in [-0.15, -0.1) is 0 Å². The zero-order valence-corrected chi connectivity index (χ0v) is 12.2. The Balaban J connectivity index is 1.85. The Morgan fingerprint density at radius 2 is 1.90 bits per heavy atom. The van der Waals surface area contributed by atoms with Crippen molar-refractivity contribution in [1.29, 1.82) is 0 Å². The largest absolute Gasteiger partial charge is 0.397 e. The number of hydrogen-bond donors (Lipinski definition) is 3. The topological polar surface area (TPSA) is 67.1 Å². The zero-order chi connectivity index (χ0) is 15.0. The lowest BCUT2D eigenvalue weighted by Gasteiger charge is -2.12. The van der Waals surface area contributed by atoms with Crippen LogP contribution in [0.4, 0.5) is 22.7 Å². The minimum absolute atomic E-state index is 0.0165. The van der Waals surface area contributed by atoms with E-state index in [1.54, 1.807) is 0 Å². The van der Waals surface area contributed by atoms with E-state index in [9.17, 15) is 4.79 Å². The second-order valence-corrected chi connectivity index (χ2v) is 5.72. The fourth-order valence-corrected chi connectivity index (χ4v) is 2.51. The first-order chi connectivity index (χ1) is 10.0. The van der Waals surface area contributed by atoms with Crippen LogP contribution in [0.5, 0.6) is 0 Å². The van der Waals surface area contributed by atoms with Crippen molar-refractivity contribution >= 4 is 28.7 Å². The van der Waals surface area contributed by atoms with Crippen LogP contribution < -0.4 is 16.4 Å². The number of benzene rings is 2. The molecule has 0 bridgehead atoms. The third-order valence-corrected chi connectivity index (χ3v) is 3.76. The van der Waals surface area contributed by atoms with Gasteiger partial charge in [0.1, 0.15) is 0 Å². The molecule has 4 heteroatoms. The molecule has 21 heavy (non-hydrogen) atoms. The highest BCUT2D eigenvalue weighted by molar-refractivity contribution is 6.01. The van der Waals surface area contributed by atoms with Crippen molar-refractivity contribution in [3.63, 3.8) is 0 Å². The number of amides is 1. The van der Waals surface area contributed by atoms with Crippen LogP contribution in [0, 0.1) is 0 Å². The van der Waals surface area contributed by atoms with Gasteiger partial charge in [-0.25, -0.2) is 0 Å². The molecule has 0 unspecified atom stereocenters. The third-order valence-electron chi connectivity index (χ3n) is 3.76. The van der Waals surface area contributed by atoms with Gasteiger partial charge in [0.15, 0.2) is 0 Å². The van der Waals surface area contributed by atoms with Crippen molar-refractivity contribution < 1.29 is 4.79 Å². The second-order valence-electron chi connectivity index (χ2n) is 5.72. The van der Waals surface area contributed by atoms with E-state index in [1.807, 2.05) is 24.3 Å². The Morgan fingerprint density at radius 3 is 2.57 bits per heavy atom. The molecule has 0 fully saturated rings. The maximum Gasteiger partial charge on any atom is 0.228 e. The Morgan fingerprint density at radius 1 is 1.19 bits per heavy atom. The molecule has 4 nitrogen and oxygen atoms in total. The maximum atomic E-state index is 11.4. The molecule has 0 spiro atoms. The van der Waals surface area contributed by atoms with Crippen molar-refractivity contribution in [1.82, 2.24) is 0 Å². The quantitative estimate of drug-likeness (QED) is 0.753. The van der Waals surface area contributed by atoms with Crippen LogP contribution in [-0.2, 0) is 11.2 Å². The summed E-state index contributed by atoms with van der Waals surface area (Å²) in [6.07, 6.45) is 0.406. The lowest BCUT2D eigenvalue weighted by Crippen LogP contribution is -2.03. The summed E-state index contributed by atoms with van der Waals surface area (Å²) in [5, 5.41) is 6.15. The average Bonchev–Trinajstić information content (AvgIpc) is 2.79. The van der Waals surface area contributed by atoms with Gasteiger partial charge in [-0.05, 0) is 41.3 Å². The lowest BCUT2D eigenvalue weighted by molar-refractivity contribution is -0.115. The summed E-state index contributed by atoms with van der Waals surface area (Å²) in [6, 6.07) is 12.1. The summed E-state index contributed by atoms with van der Waals surface area (Å²) in [4.78, 5) is 11.4. The van der Waals surface area contributed by atoms with Crippen molar-refractivity contribution in [3.8, 4) is 0 Å². The third kappa shape index (κ3) is 2.70. The molecular formula is C17H19N3O. The summed E-state index contributed by atoms with van der Waals surface area (Å²) in [5.41, 5.74) is 11.6. The van der Waals surface area contributed by atoms with E-state index in [0.717, 1.165) is 22.6 Å². The van der Waals surface area contributed by atoms with Gasteiger partial charge in [-0.2, -0.15) is 0 Å². The van der Waals surface area contributed by atoms with E-state index in [4.69, 9.17) is 5.73 Å². The van der Waals surface area contributed by atoms with Crippen molar-refractivity contribution in [2.75, 3.05) is 16.4 Å². The van der Waals surface area contributed by atoms with E-state index < -0.39 is 0 Å². The van der Waals surface area contributed by atoms with Crippen molar-refractivity contribution in [3.05, 3.63) is 47.5 Å². The molecule has 1 heterocycles. The number of nitrogens with one attached hydrogen (secondary N) is 2. The van der Waals surface area contributed by atoms with Gasteiger partial charge < -0.3 is 16.4 Å². The van der Waals surface area contributed by atoms with Gasteiger partial charge in [0.05, 0.1) is 17.8 Å². The number of rotatable bonds is 3. The molecule has 1 aliphatic heterocycles. The SMILES string of the molecule is CC(C)c1ccc(Nc2cc3c(cc2N)CC(=O)N3)cc1. The summed E-state index contributed by atoms with van der Waals surface area (Å²) in [7, 11) is 0. The molecule has 0 aromatic heterocycles. The smallest absolute Gasteiger partial charge is 0.228 e. The fraction of sp³-hybridized carbons (Fsp3) is 0.235. The molecule has 3 rings (SSSR count). The van der Waals surface area contributed by atoms with Gasteiger partial charge >= 0.3 is 0 Å². The molecule has 108 valence electrons.